The number of nitrogens with zero attached hydrogens (tertiary/aromatic N) is 2. The molecule has 1 aliphatic heterocycles. The molecule has 2 aromatic carbocycles. The number of allylic oxidation sites excluding steroid dienone is 1. The molecule has 166 valence electrons. The van der Waals surface area contributed by atoms with Crippen LogP contribution in [0.3, 0.4) is 0 Å². The maximum Gasteiger partial charge on any atom is 0.234 e. The Hall–Kier alpha value is -2.61. The van der Waals surface area contributed by atoms with Crippen molar-refractivity contribution in [2.75, 3.05) is 4.90 Å². The number of rotatable bonds is 8. The number of halogens is 2. The maximum absolute atomic E-state index is 13.3. The van der Waals surface area contributed by atoms with Crippen molar-refractivity contribution in [3.63, 3.8) is 0 Å². The van der Waals surface area contributed by atoms with Gasteiger partial charge in [0.1, 0.15) is 5.78 Å². The van der Waals surface area contributed by atoms with Crippen molar-refractivity contribution in [1.82, 2.24) is 0 Å². The van der Waals surface area contributed by atoms with Crippen LogP contribution in [0.15, 0.2) is 48.5 Å². The van der Waals surface area contributed by atoms with Gasteiger partial charge in [0.05, 0.1) is 23.2 Å². The fourth-order valence-electron chi connectivity index (χ4n) is 4.05. The van der Waals surface area contributed by atoms with Crippen LogP contribution in [0.25, 0.3) is 5.57 Å². The minimum Gasteiger partial charge on any atom is -0.309 e. The van der Waals surface area contributed by atoms with E-state index in [4.69, 9.17) is 23.2 Å². The molecule has 1 atom stereocenters. The van der Waals surface area contributed by atoms with Gasteiger partial charge in [-0.2, -0.15) is 5.26 Å². The van der Waals surface area contributed by atoms with E-state index in [0.717, 1.165) is 16.8 Å². The Kier molecular flexibility index (Phi) is 8.12. The van der Waals surface area contributed by atoms with Crippen molar-refractivity contribution in [2.24, 2.45) is 5.92 Å². The number of benzene rings is 2. The summed E-state index contributed by atoms with van der Waals surface area (Å²) in [7, 11) is 0. The first-order chi connectivity index (χ1) is 15.3. The third-order valence-electron chi connectivity index (χ3n) is 5.67. The molecule has 3 rings (SSSR count). The SMILES string of the molecule is CC(C)N1C(=O)C(CCCC(=O)CCc2ccc(Cl)cc2Cl)C=C(C#N)c2ccccc21. The number of ketones is 1. The van der Waals surface area contributed by atoms with Crippen molar-refractivity contribution >= 4 is 46.2 Å². The lowest BCUT2D eigenvalue weighted by Gasteiger charge is -2.29. The van der Waals surface area contributed by atoms with Crippen LogP contribution in [0.1, 0.15) is 50.7 Å². The first-order valence-corrected chi connectivity index (χ1v) is 11.6. The fraction of sp³-hybridized carbons (Fsp3) is 0.346. The van der Waals surface area contributed by atoms with Gasteiger partial charge >= 0.3 is 0 Å². The summed E-state index contributed by atoms with van der Waals surface area (Å²) in [5.74, 6) is -0.332. The fourth-order valence-corrected chi connectivity index (χ4v) is 4.55. The van der Waals surface area contributed by atoms with Gasteiger partial charge in [0.25, 0.3) is 0 Å². The van der Waals surface area contributed by atoms with Crippen LogP contribution < -0.4 is 4.90 Å². The van der Waals surface area contributed by atoms with Crippen LogP contribution in [0.2, 0.25) is 10.0 Å². The normalized spacial score (nSPS) is 15.8. The molecule has 0 saturated heterocycles. The number of Topliss-reactive ketones (excluding diaryl/α,β-unsaturated/α-hetero) is 1. The molecular weight excluding hydrogens is 443 g/mol. The molecule has 1 heterocycles. The van der Waals surface area contributed by atoms with Gasteiger partial charge in [0.15, 0.2) is 0 Å². The molecule has 1 unspecified atom stereocenters. The highest BCUT2D eigenvalue weighted by atomic mass is 35.5. The number of hydrogen-bond donors (Lipinski definition) is 0. The summed E-state index contributed by atoms with van der Waals surface area (Å²) < 4.78 is 0. The van der Waals surface area contributed by atoms with Gasteiger partial charge in [-0.25, -0.2) is 0 Å². The van der Waals surface area contributed by atoms with Crippen LogP contribution >= 0.6 is 23.2 Å². The molecule has 2 aromatic rings. The third kappa shape index (κ3) is 5.59. The van der Waals surface area contributed by atoms with Gasteiger partial charge in [-0.1, -0.05) is 53.5 Å². The zero-order chi connectivity index (χ0) is 23.3. The second kappa shape index (κ2) is 10.8. The standard InChI is InChI=1S/C26H26Cl2N2O2/c1-17(2)30-25-9-4-3-8-23(25)20(16-29)14-19(26(30)32)6-5-7-22(31)13-11-18-10-12-21(27)15-24(18)28/h3-4,8-10,12,14-15,17,19H,5-7,11,13H2,1-2H3. The second-order valence-electron chi connectivity index (χ2n) is 8.28. The number of nitriles is 1. The van der Waals surface area contributed by atoms with Crippen molar-refractivity contribution in [2.45, 2.75) is 52.0 Å². The van der Waals surface area contributed by atoms with E-state index in [2.05, 4.69) is 6.07 Å². The van der Waals surface area contributed by atoms with Crippen molar-refractivity contribution < 1.29 is 9.59 Å². The van der Waals surface area contributed by atoms with E-state index in [1.54, 1.807) is 23.1 Å². The first kappa shape index (κ1) is 24.0. The van der Waals surface area contributed by atoms with Gasteiger partial charge in [-0.15, -0.1) is 0 Å². The molecule has 0 aliphatic carbocycles. The number of carbonyl (C=O) groups is 2. The smallest absolute Gasteiger partial charge is 0.234 e. The maximum atomic E-state index is 13.3. The van der Waals surface area contributed by atoms with Gasteiger partial charge in [0.2, 0.25) is 5.91 Å². The molecule has 4 nitrogen and oxygen atoms in total. The molecule has 0 bridgehead atoms. The van der Waals surface area contributed by atoms with Gasteiger partial charge in [0, 0.05) is 34.5 Å². The molecule has 0 saturated carbocycles. The highest BCUT2D eigenvalue weighted by molar-refractivity contribution is 6.35. The van der Waals surface area contributed by atoms with E-state index in [1.807, 2.05) is 44.2 Å². The largest absolute Gasteiger partial charge is 0.309 e. The van der Waals surface area contributed by atoms with Gasteiger partial charge in [-0.05, 0) is 56.9 Å². The molecule has 0 fully saturated rings. The Labute approximate surface area is 199 Å². The van der Waals surface area contributed by atoms with Crippen LogP contribution in [0.5, 0.6) is 0 Å². The van der Waals surface area contributed by atoms with Crippen LogP contribution in [0.4, 0.5) is 5.69 Å². The molecule has 0 N–H and O–H groups in total. The highest BCUT2D eigenvalue weighted by Crippen LogP contribution is 2.35. The van der Waals surface area contributed by atoms with E-state index in [0.29, 0.717) is 47.7 Å². The molecule has 0 radical (unpaired) electrons. The molecule has 32 heavy (non-hydrogen) atoms. The number of carbonyl (C=O) groups excluding carboxylic acids is 2. The van der Waals surface area contributed by atoms with Gasteiger partial charge < -0.3 is 4.90 Å². The molecule has 1 aliphatic rings. The topological polar surface area (TPSA) is 61.2 Å². The second-order valence-corrected chi connectivity index (χ2v) is 9.13. The van der Waals surface area contributed by atoms with E-state index in [1.165, 1.54) is 0 Å². The monoisotopic (exact) mass is 468 g/mol. The zero-order valence-electron chi connectivity index (χ0n) is 18.3. The summed E-state index contributed by atoms with van der Waals surface area (Å²) in [4.78, 5) is 27.5. The summed E-state index contributed by atoms with van der Waals surface area (Å²) in [6.45, 7) is 3.93. The predicted molar refractivity (Wildman–Crippen MR) is 130 cm³/mol. The summed E-state index contributed by atoms with van der Waals surface area (Å²) >= 11 is 12.1. The summed E-state index contributed by atoms with van der Waals surface area (Å²) in [6.07, 6.45) is 4.21. The number of amides is 1. The molecule has 0 spiro atoms. The average molecular weight is 469 g/mol. The average Bonchev–Trinajstić information content (AvgIpc) is 2.87. The van der Waals surface area contributed by atoms with Gasteiger partial charge in [-0.3, -0.25) is 9.59 Å². The molecule has 0 aromatic heterocycles. The third-order valence-corrected chi connectivity index (χ3v) is 6.26. The molecule has 6 heteroatoms. The Bertz CT molecular complexity index is 1090. The van der Waals surface area contributed by atoms with Crippen LogP contribution in [-0.4, -0.2) is 17.7 Å². The first-order valence-electron chi connectivity index (χ1n) is 10.8. The van der Waals surface area contributed by atoms with Crippen LogP contribution in [0, 0.1) is 17.2 Å². The van der Waals surface area contributed by atoms with Crippen molar-refractivity contribution in [3.8, 4) is 6.07 Å². The predicted octanol–water partition coefficient (Wildman–Crippen LogP) is 6.64. The van der Waals surface area contributed by atoms with E-state index < -0.39 is 5.92 Å². The summed E-state index contributed by atoms with van der Waals surface area (Å²) in [5, 5.41) is 10.8. The van der Waals surface area contributed by atoms with E-state index in [9.17, 15) is 14.9 Å². The number of fused-ring (bicyclic) bond motifs is 1. The summed E-state index contributed by atoms with van der Waals surface area (Å²) in [6, 6.07) is 15.0. The summed E-state index contributed by atoms with van der Waals surface area (Å²) in [5.41, 5.74) is 2.94. The Balaban J connectivity index is 1.64. The van der Waals surface area contributed by atoms with Crippen molar-refractivity contribution in [3.05, 3.63) is 69.7 Å². The number of anilines is 1. The number of aryl methyl sites for hydroxylation is 1. The zero-order valence-corrected chi connectivity index (χ0v) is 19.8. The lowest BCUT2D eigenvalue weighted by Crippen LogP contribution is -2.40. The van der Waals surface area contributed by atoms with E-state index >= 15 is 0 Å². The minimum atomic E-state index is -0.432. The Morgan fingerprint density at radius 1 is 1.16 bits per heavy atom. The van der Waals surface area contributed by atoms with Crippen molar-refractivity contribution in [1.29, 1.82) is 5.26 Å². The molecule has 1 amide bonds. The Morgan fingerprint density at radius 2 is 1.91 bits per heavy atom. The van der Waals surface area contributed by atoms with E-state index in [-0.39, 0.29) is 17.7 Å². The minimum absolute atomic E-state index is 0.0295. The number of para-hydroxylation sites is 1. The van der Waals surface area contributed by atoms with Crippen LogP contribution in [-0.2, 0) is 16.0 Å². The lowest BCUT2D eigenvalue weighted by atomic mass is 9.95. The highest BCUT2D eigenvalue weighted by Gasteiger charge is 2.31. The lowest BCUT2D eigenvalue weighted by molar-refractivity contribution is -0.122. The number of hydrogen-bond acceptors (Lipinski definition) is 3. The molecular formula is C26H26Cl2N2O2. The Morgan fingerprint density at radius 3 is 2.59 bits per heavy atom. The quantitative estimate of drug-likeness (QED) is 0.435.